The smallest absolute Gasteiger partial charge is 0.120 e. The summed E-state index contributed by atoms with van der Waals surface area (Å²) in [6.07, 6.45) is 1.91. The molecule has 16 heavy (non-hydrogen) atoms. The lowest BCUT2D eigenvalue weighted by Crippen LogP contribution is -2.20. The van der Waals surface area contributed by atoms with E-state index in [1.54, 1.807) is 11.3 Å². The van der Waals surface area contributed by atoms with E-state index in [1.165, 1.54) is 10.4 Å². The Kier molecular flexibility index (Phi) is 3.09. The molecule has 0 bridgehead atoms. The summed E-state index contributed by atoms with van der Waals surface area (Å²) in [6, 6.07) is 8.03. The van der Waals surface area contributed by atoms with Crippen molar-refractivity contribution in [1.29, 1.82) is 5.26 Å². The Labute approximate surface area is 98.7 Å². The molecule has 4 heteroatoms. The molecule has 1 atom stereocenters. The number of hydrogen-bond acceptors (Lipinski definition) is 3. The highest BCUT2D eigenvalue weighted by molar-refractivity contribution is 7.10. The Bertz CT molecular complexity index is 518. The number of nitriles is 1. The summed E-state index contributed by atoms with van der Waals surface area (Å²) in [5.41, 5.74) is 7.71. The lowest BCUT2D eigenvalue weighted by Gasteiger charge is -2.17. The van der Waals surface area contributed by atoms with Crippen LogP contribution in [0.5, 0.6) is 0 Å². The minimum absolute atomic E-state index is 0.0737. The third kappa shape index (κ3) is 1.75. The summed E-state index contributed by atoms with van der Waals surface area (Å²) >= 11 is 1.69. The van der Waals surface area contributed by atoms with E-state index >= 15 is 0 Å². The average Bonchev–Trinajstić information content (AvgIpc) is 2.90. The van der Waals surface area contributed by atoms with E-state index in [0.717, 1.165) is 0 Å². The summed E-state index contributed by atoms with van der Waals surface area (Å²) in [4.78, 5) is 1.23. The Morgan fingerprint density at radius 2 is 2.38 bits per heavy atom. The first-order valence-electron chi connectivity index (χ1n) is 5.09. The van der Waals surface area contributed by atoms with Gasteiger partial charge in [0.15, 0.2) is 0 Å². The molecule has 2 aromatic heterocycles. The third-order valence-electron chi connectivity index (χ3n) is 2.66. The van der Waals surface area contributed by atoms with Crippen molar-refractivity contribution in [2.24, 2.45) is 5.73 Å². The maximum absolute atomic E-state index is 9.01. The zero-order chi connectivity index (χ0) is 11.5. The third-order valence-corrected chi connectivity index (χ3v) is 3.78. The van der Waals surface area contributed by atoms with Gasteiger partial charge < -0.3 is 10.3 Å². The quantitative estimate of drug-likeness (QED) is 0.881. The molecule has 2 rings (SSSR count). The molecule has 2 heterocycles. The van der Waals surface area contributed by atoms with Crippen molar-refractivity contribution < 1.29 is 0 Å². The van der Waals surface area contributed by atoms with Gasteiger partial charge in [-0.3, -0.25) is 0 Å². The molecule has 3 nitrogen and oxygen atoms in total. The van der Waals surface area contributed by atoms with Gasteiger partial charge in [-0.1, -0.05) is 0 Å². The normalized spacial score (nSPS) is 12.3. The standard InChI is InChI=1S/C12H13N3S/c1-9-4-6-16-12(9)11(8-14)15-5-2-3-10(15)7-13/h2-6,11H,8,14H2,1H3. The van der Waals surface area contributed by atoms with Crippen LogP contribution in [0.15, 0.2) is 29.8 Å². The first kappa shape index (κ1) is 10.9. The van der Waals surface area contributed by atoms with E-state index in [2.05, 4.69) is 24.4 Å². The van der Waals surface area contributed by atoms with Crippen LogP contribution in [-0.4, -0.2) is 11.1 Å². The Balaban J connectivity index is 2.45. The fourth-order valence-corrected chi connectivity index (χ4v) is 2.87. The highest BCUT2D eigenvalue weighted by Gasteiger charge is 2.17. The van der Waals surface area contributed by atoms with Gasteiger partial charge in [0.05, 0.1) is 6.04 Å². The van der Waals surface area contributed by atoms with Gasteiger partial charge in [-0.15, -0.1) is 11.3 Å². The topological polar surface area (TPSA) is 54.7 Å². The second kappa shape index (κ2) is 4.52. The van der Waals surface area contributed by atoms with Crippen molar-refractivity contribution >= 4 is 11.3 Å². The predicted molar refractivity (Wildman–Crippen MR) is 65.4 cm³/mol. The molecule has 1 unspecified atom stereocenters. The Morgan fingerprint density at radius 3 is 2.94 bits per heavy atom. The lowest BCUT2D eigenvalue weighted by molar-refractivity contribution is 0.599. The van der Waals surface area contributed by atoms with E-state index in [0.29, 0.717) is 12.2 Å². The van der Waals surface area contributed by atoms with Gasteiger partial charge in [0.2, 0.25) is 0 Å². The van der Waals surface area contributed by atoms with Gasteiger partial charge in [0, 0.05) is 17.6 Å². The first-order chi connectivity index (χ1) is 7.77. The van der Waals surface area contributed by atoms with Crippen LogP contribution in [0.4, 0.5) is 0 Å². The van der Waals surface area contributed by atoms with Crippen LogP contribution in [-0.2, 0) is 0 Å². The molecule has 0 saturated heterocycles. The van der Waals surface area contributed by atoms with Gasteiger partial charge >= 0.3 is 0 Å². The van der Waals surface area contributed by atoms with Gasteiger partial charge in [-0.25, -0.2) is 0 Å². The van der Waals surface area contributed by atoms with E-state index in [4.69, 9.17) is 11.0 Å². The zero-order valence-corrected chi connectivity index (χ0v) is 9.87. The molecule has 2 N–H and O–H groups in total. The molecule has 2 aromatic rings. The molecule has 0 radical (unpaired) electrons. The second-order valence-corrected chi connectivity index (χ2v) is 4.58. The van der Waals surface area contributed by atoms with Gasteiger partial charge in [0.25, 0.3) is 0 Å². The summed E-state index contributed by atoms with van der Waals surface area (Å²) in [5.74, 6) is 0. The maximum atomic E-state index is 9.01. The van der Waals surface area contributed by atoms with Gasteiger partial charge in [-0.05, 0) is 36.1 Å². The largest absolute Gasteiger partial charge is 0.330 e. The van der Waals surface area contributed by atoms with Crippen molar-refractivity contribution in [3.63, 3.8) is 0 Å². The molecule has 0 saturated carbocycles. The predicted octanol–water partition coefficient (Wildman–Crippen LogP) is 2.28. The number of thiophene rings is 1. The number of rotatable bonds is 3. The zero-order valence-electron chi connectivity index (χ0n) is 9.05. The lowest BCUT2D eigenvalue weighted by atomic mass is 10.1. The van der Waals surface area contributed by atoms with Crippen LogP contribution in [0.1, 0.15) is 22.2 Å². The number of aryl methyl sites for hydroxylation is 1. The fraction of sp³-hybridized carbons (Fsp3) is 0.250. The first-order valence-corrected chi connectivity index (χ1v) is 5.97. The molecule has 0 fully saturated rings. The van der Waals surface area contributed by atoms with Gasteiger partial charge in [0.1, 0.15) is 11.8 Å². The molecule has 0 aliphatic heterocycles. The SMILES string of the molecule is Cc1ccsc1C(CN)n1cccc1C#N. The van der Waals surface area contributed by atoms with E-state index in [9.17, 15) is 0 Å². The van der Waals surface area contributed by atoms with Crippen LogP contribution in [0.2, 0.25) is 0 Å². The van der Waals surface area contributed by atoms with Crippen molar-refractivity contribution in [3.8, 4) is 6.07 Å². The number of hydrogen-bond donors (Lipinski definition) is 1. The fourth-order valence-electron chi connectivity index (χ4n) is 1.83. The van der Waals surface area contributed by atoms with Crippen LogP contribution >= 0.6 is 11.3 Å². The molecular weight excluding hydrogens is 218 g/mol. The van der Waals surface area contributed by atoms with E-state index in [-0.39, 0.29) is 6.04 Å². The molecule has 0 spiro atoms. The van der Waals surface area contributed by atoms with Crippen LogP contribution < -0.4 is 5.73 Å². The Hall–Kier alpha value is -1.57. The molecule has 0 aliphatic carbocycles. The molecular formula is C12H13N3S. The molecule has 0 aliphatic rings. The van der Waals surface area contributed by atoms with Crippen LogP contribution in [0.25, 0.3) is 0 Å². The highest BCUT2D eigenvalue weighted by Crippen LogP contribution is 2.27. The van der Waals surface area contributed by atoms with Crippen molar-refractivity contribution in [3.05, 3.63) is 45.9 Å². The molecule has 82 valence electrons. The molecule has 0 aromatic carbocycles. The average molecular weight is 231 g/mol. The second-order valence-electron chi connectivity index (χ2n) is 3.63. The van der Waals surface area contributed by atoms with Gasteiger partial charge in [-0.2, -0.15) is 5.26 Å². The summed E-state index contributed by atoms with van der Waals surface area (Å²) in [7, 11) is 0. The highest BCUT2D eigenvalue weighted by atomic mass is 32.1. The van der Waals surface area contributed by atoms with Crippen molar-refractivity contribution in [1.82, 2.24) is 4.57 Å². The monoisotopic (exact) mass is 231 g/mol. The molecule has 0 amide bonds. The number of aromatic nitrogens is 1. The number of nitrogens with zero attached hydrogens (tertiary/aromatic N) is 2. The van der Waals surface area contributed by atoms with Crippen molar-refractivity contribution in [2.45, 2.75) is 13.0 Å². The summed E-state index contributed by atoms with van der Waals surface area (Å²) in [5, 5.41) is 11.1. The van der Waals surface area contributed by atoms with Crippen LogP contribution in [0, 0.1) is 18.3 Å². The summed E-state index contributed by atoms with van der Waals surface area (Å²) in [6.45, 7) is 2.58. The van der Waals surface area contributed by atoms with E-state index in [1.807, 2.05) is 22.9 Å². The minimum atomic E-state index is 0.0737. The maximum Gasteiger partial charge on any atom is 0.120 e. The van der Waals surface area contributed by atoms with Crippen molar-refractivity contribution in [2.75, 3.05) is 6.54 Å². The number of nitrogens with two attached hydrogens (primary N) is 1. The minimum Gasteiger partial charge on any atom is -0.330 e. The van der Waals surface area contributed by atoms with E-state index < -0.39 is 0 Å². The Morgan fingerprint density at radius 1 is 1.56 bits per heavy atom. The summed E-state index contributed by atoms with van der Waals surface area (Å²) < 4.78 is 1.94. The van der Waals surface area contributed by atoms with Crippen LogP contribution in [0.3, 0.4) is 0 Å².